The van der Waals surface area contributed by atoms with Crippen molar-refractivity contribution in [3.63, 3.8) is 0 Å². The molecule has 0 bridgehead atoms. The molecular weight excluding hydrogens is 352 g/mol. The molecule has 1 aliphatic heterocycles. The first-order chi connectivity index (χ1) is 12.2. The third-order valence-corrected chi connectivity index (χ3v) is 5.30. The highest BCUT2D eigenvalue weighted by Crippen LogP contribution is 2.37. The van der Waals surface area contributed by atoms with Crippen LogP contribution in [0.15, 0.2) is 6.07 Å². The van der Waals surface area contributed by atoms with Crippen LogP contribution in [0, 0.1) is 0 Å². The molecule has 142 valence electrons. The van der Waals surface area contributed by atoms with E-state index in [2.05, 4.69) is 17.3 Å². The van der Waals surface area contributed by atoms with Crippen molar-refractivity contribution in [2.24, 2.45) is 0 Å². The van der Waals surface area contributed by atoms with Gasteiger partial charge < -0.3 is 19.7 Å². The molecule has 0 amide bonds. The molecule has 3 heterocycles. The van der Waals surface area contributed by atoms with Crippen molar-refractivity contribution in [2.45, 2.75) is 38.1 Å². The van der Waals surface area contributed by atoms with Gasteiger partial charge in [0.1, 0.15) is 5.52 Å². The van der Waals surface area contributed by atoms with Gasteiger partial charge in [-0.15, -0.1) is 12.4 Å². The second kappa shape index (κ2) is 7.84. The van der Waals surface area contributed by atoms with Crippen LogP contribution in [0.5, 0.6) is 11.6 Å². The summed E-state index contributed by atoms with van der Waals surface area (Å²) in [5.41, 5.74) is 5.46. The number of likely N-dealkylation sites (tertiary alicyclic amines) is 1. The van der Waals surface area contributed by atoms with E-state index in [1.54, 1.807) is 14.2 Å². The highest BCUT2D eigenvalue weighted by Gasteiger charge is 2.25. The van der Waals surface area contributed by atoms with Crippen LogP contribution in [0.1, 0.15) is 30.5 Å². The van der Waals surface area contributed by atoms with Gasteiger partial charge in [-0.25, -0.2) is 4.98 Å². The Morgan fingerprint density at radius 1 is 1.15 bits per heavy atom. The second-order valence-corrected chi connectivity index (χ2v) is 7.08. The van der Waals surface area contributed by atoms with Gasteiger partial charge in [0.05, 0.1) is 25.4 Å². The van der Waals surface area contributed by atoms with E-state index in [1.807, 2.05) is 6.07 Å². The molecule has 0 spiro atoms. The van der Waals surface area contributed by atoms with Crippen molar-refractivity contribution in [3.8, 4) is 11.6 Å². The van der Waals surface area contributed by atoms with Gasteiger partial charge in [0.2, 0.25) is 0 Å². The van der Waals surface area contributed by atoms with Gasteiger partial charge in [-0.3, -0.25) is 4.98 Å². The fourth-order valence-corrected chi connectivity index (χ4v) is 4.08. The van der Waals surface area contributed by atoms with Gasteiger partial charge in [-0.2, -0.15) is 0 Å². The standard InChI is InChI=1S/C19H26N4O2.ClH/c1-23-9-5-6-12(11-23)20-17-13-7-4-8-14(13)21-15-10-16(24-2)19(25-3)22-18(15)17;/h10,12H,4-9,11H2,1-3H3,(H,20,21);1H/t12-;/m1./s1. The zero-order chi connectivity index (χ0) is 17.4. The van der Waals surface area contributed by atoms with Crippen LogP contribution < -0.4 is 14.8 Å². The Hall–Kier alpha value is -1.79. The number of rotatable bonds is 4. The van der Waals surface area contributed by atoms with Gasteiger partial charge in [0.15, 0.2) is 5.75 Å². The zero-order valence-electron chi connectivity index (χ0n) is 15.7. The number of nitrogens with zero attached hydrogens (tertiary/aromatic N) is 3. The summed E-state index contributed by atoms with van der Waals surface area (Å²) in [6, 6.07) is 2.39. The second-order valence-electron chi connectivity index (χ2n) is 7.08. The highest BCUT2D eigenvalue weighted by molar-refractivity contribution is 5.92. The fraction of sp³-hybridized carbons (Fsp3) is 0.579. The van der Waals surface area contributed by atoms with Gasteiger partial charge in [0, 0.05) is 24.3 Å². The monoisotopic (exact) mass is 378 g/mol. The Morgan fingerprint density at radius 2 is 2.00 bits per heavy atom. The van der Waals surface area contributed by atoms with Crippen molar-refractivity contribution < 1.29 is 9.47 Å². The lowest BCUT2D eigenvalue weighted by molar-refractivity contribution is 0.261. The predicted octanol–water partition coefficient (Wildman–Crippen LogP) is 3.06. The number of piperidine rings is 1. The molecule has 1 atom stereocenters. The third-order valence-electron chi connectivity index (χ3n) is 5.30. The lowest BCUT2D eigenvalue weighted by Crippen LogP contribution is -2.40. The Morgan fingerprint density at radius 3 is 2.73 bits per heavy atom. The number of hydrogen-bond donors (Lipinski definition) is 1. The minimum Gasteiger partial charge on any atom is -0.491 e. The average molecular weight is 379 g/mol. The molecule has 26 heavy (non-hydrogen) atoms. The van der Waals surface area contributed by atoms with E-state index in [0.29, 0.717) is 17.7 Å². The highest BCUT2D eigenvalue weighted by atomic mass is 35.5. The van der Waals surface area contributed by atoms with E-state index in [0.717, 1.165) is 42.5 Å². The quantitative estimate of drug-likeness (QED) is 0.882. The van der Waals surface area contributed by atoms with Gasteiger partial charge in [-0.05, 0) is 51.3 Å². The van der Waals surface area contributed by atoms with Crippen molar-refractivity contribution in [1.82, 2.24) is 14.9 Å². The summed E-state index contributed by atoms with van der Waals surface area (Å²) in [4.78, 5) is 12.0. The molecule has 4 rings (SSSR count). The summed E-state index contributed by atoms with van der Waals surface area (Å²) < 4.78 is 10.8. The molecule has 0 saturated carbocycles. The third kappa shape index (κ3) is 3.40. The fourth-order valence-electron chi connectivity index (χ4n) is 4.08. The first-order valence-electron chi connectivity index (χ1n) is 9.09. The van der Waals surface area contributed by atoms with Crippen LogP contribution >= 0.6 is 12.4 Å². The first kappa shape index (κ1) is 19.0. The molecule has 2 aliphatic rings. The van der Waals surface area contributed by atoms with E-state index < -0.39 is 0 Å². The van der Waals surface area contributed by atoms with E-state index in [4.69, 9.17) is 19.4 Å². The van der Waals surface area contributed by atoms with E-state index in [9.17, 15) is 0 Å². The minimum absolute atomic E-state index is 0. The predicted molar refractivity (Wildman–Crippen MR) is 106 cm³/mol. The van der Waals surface area contributed by atoms with Crippen LogP contribution in [0.3, 0.4) is 0 Å². The average Bonchev–Trinajstić information content (AvgIpc) is 3.08. The number of likely N-dealkylation sites (N-methyl/N-ethyl adjacent to an activating group) is 1. The molecule has 1 fully saturated rings. The Labute approximate surface area is 160 Å². The van der Waals surface area contributed by atoms with Crippen molar-refractivity contribution >= 4 is 29.1 Å². The smallest absolute Gasteiger partial charge is 0.257 e. The maximum atomic E-state index is 5.43. The van der Waals surface area contributed by atoms with Crippen molar-refractivity contribution in [1.29, 1.82) is 0 Å². The molecule has 2 aromatic rings. The molecule has 2 aromatic heterocycles. The number of anilines is 1. The summed E-state index contributed by atoms with van der Waals surface area (Å²) >= 11 is 0. The summed E-state index contributed by atoms with van der Waals surface area (Å²) in [7, 11) is 5.45. The molecule has 0 radical (unpaired) electrons. The number of methoxy groups -OCH3 is 2. The Balaban J connectivity index is 0.00000196. The topological polar surface area (TPSA) is 59.5 Å². The number of pyridine rings is 2. The van der Waals surface area contributed by atoms with E-state index >= 15 is 0 Å². The van der Waals surface area contributed by atoms with E-state index in [1.165, 1.54) is 30.6 Å². The molecule has 6 nitrogen and oxygen atoms in total. The van der Waals surface area contributed by atoms with Crippen LogP contribution in [-0.2, 0) is 12.8 Å². The molecule has 7 heteroatoms. The number of aryl methyl sites for hydroxylation is 1. The van der Waals surface area contributed by atoms with Crippen LogP contribution in [0.2, 0.25) is 0 Å². The Bertz CT molecular complexity index is 799. The largest absolute Gasteiger partial charge is 0.491 e. The number of nitrogens with one attached hydrogen (secondary N) is 1. The lowest BCUT2D eigenvalue weighted by Gasteiger charge is -2.31. The summed E-state index contributed by atoms with van der Waals surface area (Å²) in [5.74, 6) is 1.14. The van der Waals surface area contributed by atoms with Gasteiger partial charge in [-0.1, -0.05) is 0 Å². The van der Waals surface area contributed by atoms with Crippen LogP contribution in [0.25, 0.3) is 11.0 Å². The molecule has 0 aromatic carbocycles. The SMILES string of the molecule is COc1cc2nc3c(c(N[C@@H]4CCCN(C)C4)c2nc1OC)CCC3.Cl. The first-order valence-corrected chi connectivity index (χ1v) is 9.09. The maximum Gasteiger partial charge on any atom is 0.257 e. The molecule has 1 saturated heterocycles. The van der Waals surface area contributed by atoms with E-state index in [-0.39, 0.29) is 12.4 Å². The number of halogens is 1. The summed E-state index contributed by atoms with van der Waals surface area (Å²) in [5, 5.41) is 3.80. The lowest BCUT2D eigenvalue weighted by atomic mass is 10.0. The Kier molecular flexibility index (Phi) is 5.73. The number of hydrogen-bond acceptors (Lipinski definition) is 6. The van der Waals surface area contributed by atoms with Crippen LogP contribution in [0.4, 0.5) is 5.69 Å². The summed E-state index contributed by atoms with van der Waals surface area (Å²) in [6.07, 6.45) is 5.68. The number of ether oxygens (including phenoxy) is 2. The van der Waals surface area contributed by atoms with Gasteiger partial charge in [0.25, 0.3) is 5.88 Å². The minimum atomic E-state index is 0. The zero-order valence-corrected chi connectivity index (χ0v) is 16.5. The molecule has 1 aliphatic carbocycles. The normalized spacial score (nSPS) is 19.7. The maximum absolute atomic E-state index is 5.43. The van der Waals surface area contributed by atoms with Crippen molar-refractivity contribution in [2.75, 3.05) is 39.7 Å². The number of fused-ring (bicyclic) bond motifs is 2. The van der Waals surface area contributed by atoms with Crippen molar-refractivity contribution in [3.05, 3.63) is 17.3 Å². The number of aromatic nitrogens is 2. The molecular formula is C19H27ClN4O2. The molecule has 0 unspecified atom stereocenters. The summed E-state index contributed by atoms with van der Waals surface area (Å²) in [6.45, 7) is 2.24. The molecule has 1 N–H and O–H groups in total. The van der Waals surface area contributed by atoms with Gasteiger partial charge >= 0.3 is 0 Å². The van der Waals surface area contributed by atoms with Crippen LogP contribution in [-0.4, -0.2) is 55.3 Å².